The largest absolute Gasteiger partial charge is 0.467 e. The first-order valence-corrected chi connectivity index (χ1v) is 8.02. The Labute approximate surface area is 143 Å². The zero-order chi connectivity index (χ0) is 18.3. The predicted molar refractivity (Wildman–Crippen MR) is 91.3 cm³/mol. The Morgan fingerprint density at radius 3 is 1.88 bits per heavy atom. The van der Waals surface area contributed by atoms with Gasteiger partial charge in [-0.3, -0.25) is 9.59 Å². The minimum Gasteiger partial charge on any atom is -0.467 e. The molecule has 0 aliphatic carbocycles. The molecule has 0 aromatic heterocycles. The maximum atomic E-state index is 12.6. The molecule has 1 rings (SSSR count). The maximum Gasteiger partial charge on any atom is 0.328 e. The lowest BCUT2D eigenvalue weighted by molar-refractivity contribution is -0.146. The van der Waals surface area contributed by atoms with Crippen molar-refractivity contribution in [3.05, 3.63) is 35.9 Å². The molecule has 1 aromatic carbocycles. The molecule has 0 saturated heterocycles. The highest BCUT2D eigenvalue weighted by molar-refractivity contribution is 5.98. The lowest BCUT2D eigenvalue weighted by Gasteiger charge is -2.26. The third kappa shape index (κ3) is 5.37. The van der Waals surface area contributed by atoms with Crippen molar-refractivity contribution < 1.29 is 19.1 Å². The first-order chi connectivity index (χ1) is 11.3. The van der Waals surface area contributed by atoms with Gasteiger partial charge in [0, 0.05) is 5.56 Å². The normalized spacial score (nSPS) is 13.3. The molecule has 0 fully saturated rings. The average molecular weight is 334 g/mol. The summed E-state index contributed by atoms with van der Waals surface area (Å²) in [6.45, 7) is 7.29. The van der Waals surface area contributed by atoms with Crippen molar-refractivity contribution in [1.82, 2.24) is 10.6 Å². The van der Waals surface area contributed by atoms with Gasteiger partial charge in [-0.25, -0.2) is 4.79 Å². The van der Waals surface area contributed by atoms with Crippen LogP contribution in [-0.2, 0) is 14.3 Å². The van der Waals surface area contributed by atoms with Crippen LogP contribution in [0.3, 0.4) is 0 Å². The summed E-state index contributed by atoms with van der Waals surface area (Å²) in [6, 6.07) is 7.18. The van der Waals surface area contributed by atoms with Crippen LogP contribution < -0.4 is 10.6 Å². The molecule has 0 saturated carbocycles. The van der Waals surface area contributed by atoms with Crippen molar-refractivity contribution in [3.8, 4) is 0 Å². The van der Waals surface area contributed by atoms with Crippen molar-refractivity contribution >= 4 is 17.8 Å². The molecule has 1 unspecified atom stereocenters. The van der Waals surface area contributed by atoms with Crippen LogP contribution >= 0.6 is 0 Å². The van der Waals surface area contributed by atoms with Crippen LogP contribution in [0.1, 0.15) is 38.1 Å². The van der Waals surface area contributed by atoms with Crippen molar-refractivity contribution in [2.24, 2.45) is 11.8 Å². The molecule has 1 aromatic rings. The fourth-order valence-electron chi connectivity index (χ4n) is 2.22. The summed E-state index contributed by atoms with van der Waals surface area (Å²) in [5, 5.41) is 5.41. The van der Waals surface area contributed by atoms with Gasteiger partial charge in [0.15, 0.2) is 0 Å². The van der Waals surface area contributed by atoms with Gasteiger partial charge < -0.3 is 15.4 Å². The first kappa shape index (κ1) is 19.7. The van der Waals surface area contributed by atoms with E-state index in [0.717, 1.165) is 0 Å². The molecule has 0 bridgehead atoms. The first-order valence-electron chi connectivity index (χ1n) is 8.02. The fourth-order valence-corrected chi connectivity index (χ4v) is 2.22. The summed E-state index contributed by atoms with van der Waals surface area (Å²) in [6.07, 6.45) is 0. The Balaban J connectivity index is 2.85. The second-order valence-electron chi connectivity index (χ2n) is 6.31. The van der Waals surface area contributed by atoms with E-state index in [4.69, 9.17) is 4.74 Å². The number of hydrogen-bond donors (Lipinski definition) is 2. The molecule has 6 nitrogen and oxygen atoms in total. The van der Waals surface area contributed by atoms with E-state index in [1.165, 1.54) is 7.11 Å². The molecule has 0 aliphatic heterocycles. The SMILES string of the molecule is COC(=O)[C@@H](NC(=O)C(NC(=O)c1ccccc1)C(C)C)C(C)C. The molecule has 6 heteroatoms. The third-order valence-corrected chi connectivity index (χ3v) is 3.69. The van der Waals surface area contributed by atoms with Crippen molar-refractivity contribution in [2.75, 3.05) is 7.11 Å². The number of amides is 2. The quantitative estimate of drug-likeness (QED) is 0.744. The maximum absolute atomic E-state index is 12.6. The van der Waals surface area contributed by atoms with E-state index < -0.39 is 24.0 Å². The lowest BCUT2D eigenvalue weighted by atomic mass is 10.00. The number of ether oxygens (including phenoxy) is 1. The van der Waals surface area contributed by atoms with Crippen LogP contribution in [0.4, 0.5) is 0 Å². The number of nitrogens with one attached hydrogen (secondary N) is 2. The van der Waals surface area contributed by atoms with Gasteiger partial charge in [0.05, 0.1) is 7.11 Å². The molecule has 2 atom stereocenters. The molecule has 2 N–H and O–H groups in total. The standard InChI is InChI=1S/C18H26N2O4/c1-11(2)14(19-16(21)13-9-7-6-8-10-13)17(22)20-15(12(3)4)18(23)24-5/h6-12,14-15H,1-5H3,(H,19,21)(H,20,22)/t14?,15-/m0/s1. The summed E-state index contributed by atoms with van der Waals surface area (Å²) < 4.78 is 4.72. The minimum absolute atomic E-state index is 0.126. The van der Waals surface area contributed by atoms with E-state index in [-0.39, 0.29) is 17.7 Å². The molecule has 24 heavy (non-hydrogen) atoms. The Kier molecular flexibility index (Phi) is 7.42. The Hall–Kier alpha value is -2.37. The Morgan fingerprint density at radius 2 is 1.42 bits per heavy atom. The topological polar surface area (TPSA) is 84.5 Å². The number of hydrogen-bond acceptors (Lipinski definition) is 4. The van der Waals surface area contributed by atoms with Crippen LogP contribution in [0.2, 0.25) is 0 Å². The van der Waals surface area contributed by atoms with E-state index >= 15 is 0 Å². The second-order valence-corrected chi connectivity index (χ2v) is 6.31. The summed E-state index contributed by atoms with van der Waals surface area (Å²) in [5.41, 5.74) is 0.476. The van der Waals surface area contributed by atoms with Gasteiger partial charge in [0.1, 0.15) is 12.1 Å². The molecule has 0 spiro atoms. The predicted octanol–water partition coefficient (Wildman–Crippen LogP) is 1.75. The number of methoxy groups -OCH3 is 1. The number of carbonyl (C=O) groups is 3. The van der Waals surface area contributed by atoms with E-state index in [2.05, 4.69) is 10.6 Å². The van der Waals surface area contributed by atoms with Gasteiger partial charge in [-0.1, -0.05) is 45.9 Å². The molecular weight excluding hydrogens is 308 g/mol. The van der Waals surface area contributed by atoms with Gasteiger partial charge in [0.25, 0.3) is 5.91 Å². The molecule has 2 amide bonds. The van der Waals surface area contributed by atoms with Crippen LogP contribution in [0.5, 0.6) is 0 Å². The summed E-state index contributed by atoms with van der Waals surface area (Å²) in [4.78, 5) is 36.6. The van der Waals surface area contributed by atoms with Crippen molar-refractivity contribution in [2.45, 2.75) is 39.8 Å². The monoisotopic (exact) mass is 334 g/mol. The second kappa shape index (κ2) is 9.05. The van der Waals surface area contributed by atoms with Gasteiger partial charge in [0.2, 0.25) is 5.91 Å². The molecule has 0 heterocycles. The van der Waals surface area contributed by atoms with Crippen LogP contribution in [-0.4, -0.2) is 37.0 Å². The zero-order valence-electron chi connectivity index (χ0n) is 14.8. The summed E-state index contributed by atoms with van der Waals surface area (Å²) in [5.74, 6) is -1.50. The van der Waals surface area contributed by atoms with E-state index in [0.29, 0.717) is 5.56 Å². The molecule has 0 radical (unpaired) electrons. The molecule has 132 valence electrons. The number of benzene rings is 1. The highest BCUT2D eigenvalue weighted by atomic mass is 16.5. The zero-order valence-corrected chi connectivity index (χ0v) is 14.8. The lowest BCUT2D eigenvalue weighted by Crippen LogP contribution is -2.55. The molecule has 0 aliphatic rings. The highest BCUT2D eigenvalue weighted by Crippen LogP contribution is 2.09. The van der Waals surface area contributed by atoms with Gasteiger partial charge in [-0.2, -0.15) is 0 Å². The van der Waals surface area contributed by atoms with Crippen LogP contribution in [0.25, 0.3) is 0 Å². The third-order valence-electron chi connectivity index (χ3n) is 3.69. The van der Waals surface area contributed by atoms with Gasteiger partial charge >= 0.3 is 5.97 Å². The smallest absolute Gasteiger partial charge is 0.328 e. The molecular formula is C18H26N2O4. The van der Waals surface area contributed by atoms with Gasteiger partial charge in [-0.15, -0.1) is 0 Å². The van der Waals surface area contributed by atoms with E-state index in [9.17, 15) is 14.4 Å². The van der Waals surface area contributed by atoms with Crippen LogP contribution in [0.15, 0.2) is 30.3 Å². The van der Waals surface area contributed by atoms with Crippen LogP contribution in [0, 0.1) is 11.8 Å². The number of carbonyl (C=O) groups excluding carboxylic acids is 3. The summed E-state index contributed by atoms with van der Waals surface area (Å²) in [7, 11) is 1.28. The fraction of sp³-hybridized carbons (Fsp3) is 0.500. The Bertz CT molecular complexity index is 570. The highest BCUT2D eigenvalue weighted by Gasteiger charge is 2.30. The Morgan fingerprint density at radius 1 is 0.875 bits per heavy atom. The van der Waals surface area contributed by atoms with Crippen molar-refractivity contribution in [1.29, 1.82) is 0 Å². The van der Waals surface area contributed by atoms with Crippen molar-refractivity contribution in [3.63, 3.8) is 0 Å². The number of rotatable bonds is 7. The minimum atomic E-state index is -0.752. The van der Waals surface area contributed by atoms with E-state index in [1.54, 1.807) is 24.3 Å². The average Bonchev–Trinajstić information content (AvgIpc) is 2.56. The van der Waals surface area contributed by atoms with Gasteiger partial charge in [-0.05, 0) is 24.0 Å². The summed E-state index contributed by atoms with van der Waals surface area (Å²) >= 11 is 0. The number of esters is 1. The van der Waals surface area contributed by atoms with E-state index in [1.807, 2.05) is 33.8 Å².